The standard InChI is InChI=1S/C28H32N8O2/c1-38-23-12-8-19(9-13-23)30-25-18-24-26(36(27(25)37)22-4-2-3-5-22)32-28(34-33-24)31-20-6-10-21(11-7-20)35-16-14-29-15-17-35/h6-13,18,22,29-30H,2-5,14-17H2,1H3,(H,31,32,34). The number of hydrogen-bond donors (Lipinski definition) is 3. The molecule has 10 heteroatoms. The Morgan fingerprint density at radius 2 is 1.61 bits per heavy atom. The van der Waals surface area contributed by atoms with E-state index in [0.717, 1.165) is 69.0 Å². The van der Waals surface area contributed by atoms with Crippen molar-refractivity contribution in [2.24, 2.45) is 0 Å². The van der Waals surface area contributed by atoms with E-state index in [9.17, 15) is 4.79 Å². The number of pyridine rings is 1. The van der Waals surface area contributed by atoms with E-state index in [-0.39, 0.29) is 11.6 Å². The van der Waals surface area contributed by atoms with E-state index in [1.54, 1.807) is 13.2 Å². The molecule has 0 spiro atoms. The molecular formula is C28H32N8O2. The highest BCUT2D eigenvalue weighted by atomic mass is 16.5. The molecule has 38 heavy (non-hydrogen) atoms. The number of benzene rings is 2. The van der Waals surface area contributed by atoms with Gasteiger partial charge < -0.3 is 25.6 Å². The molecule has 196 valence electrons. The predicted molar refractivity (Wildman–Crippen MR) is 150 cm³/mol. The van der Waals surface area contributed by atoms with Crippen LogP contribution in [0.15, 0.2) is 59.4 Å². The summed E-state index contributed by atoms with van der Waals surface area (Å²) in [7, 11) is 1.63. The highest BCUT2D eigenvalue weighted by Crippen LogP contribution is 2.31. The van der Waals surface area contributed by atoms with Gasteiger partial charge in [-0.2, -0.15) is 4.98 Å². The molecule has 3 heterocycles. The van der Waals surface area contributed by atoms with Crippen molar-refractivity contribution in [2.45, 2.75) is 31.7 Å². The number of ether oxygens (including phenoxy) is 1. The second-order valence-electron chi connectivity index (χ2n) is 9.78. The molecule has 10 nitrogen and oxygen atoms in total. The van der Waals surface area contributed by atoms with Crippen molar-refractivity contribution in [3.05, 3.63) is 65.0 Å². The fourth-order valence-corrected chi connectivity index (χ4v) is 5.30. The number of anilines is 5. The third-order valence-electron chi connectivity index (χ3n) is 7.32. The van der Waals surface area contributed by atoms with Gasteiger partial charge in [-0.05, 0) is 67.4 Å². The molecule has 0 amide bonds. The lowest BCUT2D eigenvalue weighted by molar-refractivity contribution is 0.415. The third kappa shape index (κ3) is 4.99. The average Bonchev–Trinajstić information content (AvgIpc) is 3.49. The molecule has 1 saturated heterocycles. The van der Waals surface area contributed by atoms with E-state index >= 15 is 0 Å². The maximum Gasteiger partial charge on any atom is 0.276 e. The van der Waals surface area contributed by atoms with Crippen LogP contribution in [0.5, 0.6) is 5.75 Å². The van der Waals surface area contributed by atoms with E-state index in [4.69, 9.17) is 9.72 Å². The van der Waals surface area contributed by atoms with Gasteiger partial charge in [0.15, 0.2) is 5.65 Å². The van der Waals surface area contributed by atoms with Gasteiger partial charge in [0, 0.05) is 49.3 Å². The number of rotatable bonds is 7. The van der Waals surface area contributed by atoms with E-state index < -0.39 is 0 Å². The van der Waals surface area contributed by atoms with Gasteiger partial charge in [-0.3, -0.25) is 9.36 Å². The van der Waals surface area contributed by atoms with Gasteiger partial charge in [-0.15, -0.1) is 10.2 Å². The summed E-state index contributed by atoms with van der Waals surface area (Å²) in [6, 6.07) is 17.6. The molecule has 1 saturated carbocycles. The molecule has 6 rings (SSSR count). The van der Waals surface area contributed by atoms with Crippen LogP contribution in [0.25, 0.3) is 11.2 Å². The molecule has 0 bridgehead atoms. The lowest BCUT2D eigenvalue weighted by Gasteiger charge is -2.29. The SMILES string of the molecule is COc1ccc(Nc2cc3nnc(Nc4ccc(N5CCNCC5)cc4)nc3n(C3CCCC3)c2=O)cc1. The average molecular weight is 513 g/mol. The smallest absolute Gasteiger partial charge is 0.276 e. The summed E-state index contributed by atoms with van der Waals surface area (Å²) in [6.07, 6.45) is 4.08. The van der Waals surface area contributed by atoms with Crippen LogP contribution in [0.1, 0.15) is 31.7 Å². The summed E-state index contributed by atoms with van der Waals surface area (Å²) >= 11 is 0. The number of aromatic nitrogens is 4. The third-order valence-corrected chi connectivity index (χ3v) is 7.32. The van der Waals surface area contributed by atoms with Crippen LogP contribution in [-0.2, 0) is 0 Å². The van der Waals surface area contributed by atoms with Crippen LogP contribution < -0.4 is 31.1 Å². The topological polar surface area (TPSA) is 109 Å². The zero-order chi connectivity index (χ0) is 25.9. The molecule has 2 aromatic heterocycles. The van der Waals surface area contributed by atoms with Gasteiger partial charge in [0.05, 0.1) is 7.11 Å². The Balaban J connectivity index is 1.31. The molecule has 3 N–H and O–H groups in total. The molecule has 4 aromatic rings. The minimum Gasteiger partial charge on any atom is -0.497 e. The van der Waals surface area contributed by atoms with Gasteiger partial charge >= 0.3 is 0 Å². The zero-order valence-corrected chi connectivity index (χ0v) is 21.5. The number of piperazine rings is 1. The van der Waals surface area contributed by atoms with Gasteiger partial charge in [0.1, 0.15) is 17.0 Å². The first-order valence-corrected chi connectivity index (χ1v) is 13.2. The number of hydrogen-bond acceptors (Lipinski definition) is 9. The van der Waals surface area contributed by atoms with Crippen LogP contribution in [-0.4, -0.2) is 53.0 Å². The summed E-state index contributed by atoms with van der Waals surface area (Å²) < 4.78 is 7.05. The van der Waals surface area contributed by atoms with Crippen LogP contribution in [0, 0.1) is 0 Å². The second-order valence-corrected chi connectivity index (χ2v) is 9.78. The first-order chi connectivity index (χ1) is 18.7. The number of nitrogens with zero attached hydrogens (tertiary/aromatic N) is 5. The highest BCUT2D eigenvalue weighted by molar-refractivity contribution is 5.77. The highest BCUT2D eigenvalue weighted by Gasteiger charge is 2.23. The predicted octanol–water partition coefficient (Wildman–Crippen LogP) is 4.21. The first-order valence-electron chi connectivity index (χ1n) is 13.2. The Bertz CT molecular complexity index is 1460. The van der Waals surface area contributed by atoms with Crippen LogP contribution in [0.4, 0.5) is 28.7 Å². The molecule has 1 aliphatic heterocycles. The number of fused-ring (bicyclic) bond motifs is 1. The van der Waals surface area contributed by atoms with Gasteiger partial charge in [-0.25, -0.2) is 0 Å². The number of methoxy groups -OCH3 is 1. The van der Waals surface area contributed by atoms with Crippen LogP contribution >= 0.6 is 0 Å². The summed E-state index contributed by atoms with van der Waals surface area (Å²) in [5.74, 6) is 1.13. The molecule has 2 fully saturated rings. The largest absolute Gasteiger partial charge is 0.497 e. The fourth-order valence-electron chi connectivity index (χ4n) is 5.30. The Labute approximate surface area is 221 Å². The molecule has 0 radical (unpaired) electrons. The fraction of sp³-hybridized carbons (Fsp3) is 0.357. The van der Waals surface area contributed by atoms with E-state index in [1.165, 1.54) is 5.69 Å². The summed E-state index contributed by atoms with van der Waals surface area (Å²) in [5, 5.41) is 18.7. The van der Waals surface area contributed by atoms with Crippen molar-refractivity contribution in [1.29, 1.82) is 0 Å². The van der Waals surface area contributed by atoms with E-state index in [1.807, 2.05) is 41.0 Å². The van der Waals surface area contributed by atoms with Gasteiger partial charge in [-0.1, -0.05) is 12.8 Å². The Kier molecular flexibility index (Phi) is 6.78. The molecule has 2 aliphatic rings. The monoisotopic (exact) mass is 512 g/mol. The normalized spacial score (nSPS) is 16.1. The minimum absolute atomic E-state index is 0.0884. The lowest BCUT2D eigenvalue weighted by Crippen LogP contribution is -2.43. The van der Waals surface area contributed by atoms with Crippen molar-refractivity contribution in [1.82, 2.24) is 25.1 Å². The number of nitrogens with one attached hydrogen (secondary N) is 3. The van der Waals surface area contributed by atoms with Crippen molar-refractivity contribution in [2.75, 3.05) is 48.8 Å². The van der Waals surface area contributed by atoms with Gasteiger partial charge in [0.25, 0.3) is 5.56 Å². The zero-order valence-electron chi connectivity index (χ0n) is 21.5. The Morgan fingerprint density at radius 1 is 0.921 bits per heavy atom. The molecule has 1 aliphatic carbocycles. The summed E-state index contributed by atoms with van der Waals surface area (Å²) in [4.78, 5) is 20.9. The molecule has 0 atom stereocenters. The maximum atomic E-state index is 13.7. The van der Waals surface area contributed by atoms with Crippen molar-refractivity contribution >= 4 is 39.9 Å². The quantitative estimate of drug-likeness (QED) is 0.335. The van der Waals surface area contributed by atoms with Crippen molar-refractivity contribution in [3.8, 4) is 5.75 Å². The summed E-state index contributed by atoms with van der Waals surface area (Å²) in [5.41, 5.74) is 4.34. The minimum atomic E-state index is -0.105. The molecular weight excluding hydrogens is 480 g/mol. The Morgan fingerprint density at radius 3 is 2.32 bits per heavy atom. The molecule has 0 unspecified atom stereocenters. The maximum absolute atomic E-state index is 13.7. The van der Waals surface area contributed by atoms with E-state index in [0.29, 0.717) is 22.8 Å². The first kappa shape index (κ1) is 24.2. The lowest BCUT2D eigenvalue weighted by atomic mass is 10.2. The van der Waals surface area contributed by atoms with Gasteiger partial charge in [0.2, 0.25) is 5.95 Å². The van der Waals surface area contributed by atoms with E-state index in [2.05, 4.69) is 43.2 Å². The van der Waals surface area contributed by atoms with Crippen LogP contribution in [0.3, 0.4) is 0 Å². The van der Waals surface area contributed by atoms with Crippen molar-refractivity contribution < 1.29 is 4.74 Å². The Hall–Kier alpha value is -4.18. The van der Waals surface area contributed by atoms with Crippen molar-refractivity contribution in [3.63, 3.8) is 0 Å². The van der Waals surface area contributed by atoms with Crippen LogP contribution in [0.2, 0.25) is 0 Å². The summed E-state index contributed by atoms with van der Waals surface area (Å²) in [6.45, 7) is 3.99. The second kappa shape index (κ2) is 10.7. The molecule has 2 aromatic carbocycles.